The van der Waals surface area contributed by atoms with Gasteiger partial charge in [0.1, 0.15) is 5.82 Å². The average Bonchev–Trinajstić information content (AvgIpc) is 3.08. The van der Waals surface area contributed by atoms with Crippen molar-refractivity contribution in [2.45, 2.75) is 32.2 Å². The molecule has 1 saturated heterocycles. The van der Waals surface area contributed by atoms with Crippen LogP contribution in [-0.4, -0.2) is 37.5 Å². The Morgan fingerprint density at radius 1 is 1.12 bits per heavy atom. The van der Waals surface area contributed by atoms with Gasteiger partial charge in [-0.2, -0.15) is 0 Å². The molecule has 2 N–H and O–H groups in total. The van der Waals surface area contributed by atoms with E-state index >= 15 is 0 Å². The maximum atomic E-state index is 13.9. The van der Waals surface area contributed by atoms with Gasteiger partial charge in [-0.3, -0.25) is 9.88 Å². The molecule has 7 heteroatoms. The number of nitrogens with two attached hydrogens (primary N) is 1. The Balaban J connectivity index is 1.39. The largest absolute Gasteiger partial charge is 0.368 e. The Morgan fingerprint density at radius 2 is 1.94 bits per heavy atom. The molecule has 1 aliphatic rings. The number of nitrogens with zero attached hydrogens (tertiary/aromatic N) is 5. The number of aromatic nitrogens is 4. The van der Waals surface area contributed by atoms with Crippen LogP contribution in [0.3, 0.4) is 0 Å². The maximum absolute atomic E-state index is 13.9. The van der Waals surface area contributed by atoms with Crippen LogP contribution in [0.15, 0.2) is 48.9 Å². The highest BCUT2D eigenvalue weighted by Gasteiger charge is 2.24. The predicted octanol–water partition coefficient (Wildman–Crippen LogP) is 4.44. The number of piperidine rings is 1. The Morgan fingerprint density at radius 3 is 2.75 bits per heavy atom. The van der Waals surface area contributed by atoms with Crippen molar-refractivity contribution in [2.75, 3.05) is 18.8 Å². The maximum Gasteiger partial charge on any atom is 0.219 e. The van der Waals surface area contributed by atoms with Crippen molar-refractivity contribution in [3.05, 3.63) is 71.7 Å². The summed E-state index contributed by atoms with van der Waals surface area (Å²) in [4.78, 5) is 15.6. The van der Waals surface area contributed by atoms with E-state index in [4.69, 9.17) is 10.7 Å². The van der Waals surface area contributed by atoms with Gasteiger partial charge in [0.15, 0.2) is 0 Å². The van der Waals surface area contributed by atoms with E-state index in [1.54, 1.807) is 18.5 Å². The van der Waals surface area contributed by atoms with Crippen molar-refractivity contribution in [2.24, 2.45) is 7.05 Å². The zero-order chi connectivity index (χ0) is 22.2. The van der Waals surface area contributed by atoms with Crippen LogP contribution in [0.4, 0.5) is 10.3 Å². The summed E-state index contributed by atoms with van der Waals surface area (Å²) in [6, 6.07) is 9.24. The molecule has 4 aromatic rings. The summed E-state index contributed by atoms with van der Waals surface area (Å²) in [5.41, 5.74) is 12.0. The molecule has 4 heterocycles. The third kappa shape index (κ3) is 4.08. The molecule has 6 nitrogen and oxygen atoms in total. The number of hydrogen-bond donors (Lipinski definition) is 1. The molecule has 0 unspecified atom stereocenters. The third-order valence-electron chi connectivity index (χ3n) is 6.33. The fourth-order valence-electron chi connectivity index (χ4n) is 4.81. The lowest BCUT2D eigenvalue weighted by Gasteiger charge is -2.32. The number of nitrogen functional groups attached to an aromatic ring is 1. The van der Waals surface area contributed by atoms with Crippen molar-refractivity contribution in [1.29, 1.82) is 0 Å². The molecule has 0 radical (unpaired) electrons. The van der Waals surface area contributed by atoms with E-state index < -0.39 is 0 Å². The summed E-state index contributed by atoms with van der Waals surface area (Å²) in [6.45, 7) is 4.80. The first-order chi connectivity index (χ1) is 15.5. The molecule has 1 atom stereocenters. The van der Waals surface area contributed by atoms with Gasteiger partial charge in [-0.05, 0) is 67.8 Å². The lowest BCUT2D eigenvalue weighted by molar-refractivity contribution is 0.199. The SMILES string of the molecule is Cc1cc(-c2cnc(N)nc2)cc([C@H]2CCCN(Cc3cn(C)c4ccc(F)cc34)C2)n1. The van der Waals surface area contributed by atoms with Crippen LogP contribution in [0.5, 0.6) is 0 Å². The molecule has 5 rings (SSSR count). The highest BCUT2D eigenvalue weighted by molar-refractivity contribution is 5.84. The van der Waals surface area contributed by atoms with Gasteiger partial charge >= 0.3 is 0 Å². The summed E-state index contributed by atoms with van der Waals surface area (Å²) < 4.78 is 16.0. The van der Waals surface area contributed by atoms with Crippen LogP contribution >= 0.6 is 0 Å². The smallest absolute Gasteiger partial charge is 0.219 e. The van der Waals surface area contributed by atoms with E-state index in [9.17, 15) is 4.39 Å². The topological polar surface area (TPSA) is 72.9 Å². The summed E-state index contributed by atoms with van der Waals surface area (Å²) in [7, 11) is 2.02. The summed E-state index contributed by atoms with van der Waals surface area (Å²) in [6.07, 6.45) is 7.85. The van der Waals surface area contributed by atoms with Crippen LogP contribution in [-0.2, 0) is 13.6 Å². The van der Waals surface area contributed by atoms with Crippen molar-refractivity contribution >= 4 is 16.9 Å². The van der Waals surface area contributed by atoms with Gasteiger partial charge in [0, 0.05) is 72.5 Å². The second kappa shape index (κ2) is 8.31. The third-order valence-corrected chi connectivity index (χ3v) is 6.33. The molecule has 32 heavy (non-hydrogen) atoms. The Kier molecular flexibility index (Phi) is 5.35. The number of likely N-dealkylation sites (tertiary alicyclic amines) is 1. The Labute approximate surface area is 186 Å². The molecule has 0 aliphatic carbocycles. The first-order valence-corrected chi connectivity index (χ1v) is 11.0. The van der Waals surface area contributed by atoms with Crippen LogP contribution < -0.4 is 5.73 Å². The van der Waals surface area contributed by atoms with Crippen LogP contribution in [0.25, 0.3) is 22.0 Å². The van der Waals surface area contributed by atoms with E-state index in [1.165, 1.54) is 11.6 Å². The number of halogens is 1. The monoisotopic (exact) mass is 430 g/mol. The molecule has 0 amide bonds. The molecule has 0 spiro atoms. The van der Waals surface area contributed by atoms with Gasteiger partial charge in [-0.25, -0.2) is 14.4 Å². The van der Waals surface area contributed by atoms with E-state index in [-0.39, 0.29) is 11.8 Å². The zero-order valence-corrected chi connectivity index (χ0v) is 18.4. The van der Waals surface area contributed by atoms with Crippen LogP contribution in [0, 0.1) is 12.7 Å². The van der Waals surface area contributed by atoms with Gasteiger partial charge in [-0.15, -0.1) is 0 Å². The molecule has 164 valence electrons. The summed E-state index contributed by atoms with van der Waals surface area (Å²) in [5, 5.41) is 0.994. The number of aryl methyl sites for hydroxylation is 2. The van der Waals surface area contributed by atoms with Crippen LogP contribution in [0.2, 0.25) is 0 Å². The summed E-state index contributed by atoms with van der Waals surface area (Å²) >= 11 is 0. The molecule has 0 saturated carbocycles. The van der Waals surface area contributed by atoms with Gasteiger partial charge in [-0.1, -0.05) is 0 Å². The first kappa shape index (κ1) is 20.6. The van der Waals surface area contributed by atoms with Crippen molar-refractivity contribution in [3.63, 3.8) is 0 Å². The molecular formula is C25H27FN6. The molecular weight excluding hydrogens is 403 g/mol. The van der Waals surface area contributed by atoms with Gasteiger partial charge in [0.05, 0.1) is 0 Å². The zero-order valence-electron chi connectivity index (χ0n) is 18.4. The molecule has 1 aromatic carbocycles. The van der Waals surface area contributed by atoms with Gasteiger partial charge in [0.25, 0.3) is 0 Å². The second-order valence-corrected chi connectivity index (χ2v) is 8.75. The average molecular weight is 431 g/mol. The minimum atomic E-state index is -0.190. The minimum absolute atomic E-state index is 0.190. The number of anilines is 1. The van der Waals surface area contributed by atoms with E-state index in [2.05, 4.69) is 37.8 Å². The molecule has 0 bridgehead atoms. The fraction of sp³-hybridized carbons (Fsp3) is 0.320. The van der Waals surface area contributed by atoms with Gasteiger partial charge < -0.3 is 10.3 Å². The van der Waals surface area contributed by atoms with Crippen LogP contribution in [0.1, 0.15) is 35.7 Å². The predicted molar refractivity (Wildman–Crippen MR) is 125 cm³/mol. The number of pyridine rings is 1. The number of rotatable bonds is 4. The lowest BCUT2D eigenvalue weighted by atomic mass is 9.92. The number of benzene rings is 1. The molecule has 1 aliphatic heterocycles. The fourth-order valence-corrected chi connectivity index (χ4v) is 4.81. The summed E-state index contributed by atoms with van der Waals surface area (Å²) in [5.74, 6) is 0.435. The highest BCUT2D eigenvalue weighted by Crippen LogP contribution is 2.31. The lowest BCUT2D eigenvalue weighted by Crippen LogP contribution is -2.34. The first-order valence-electron chi connectivity index (χ1n) is 11.0. The highest BCUT2D eigenvalue weighted by atomic mass is 19.1. The van der Waals surface area contributed by atoms with E-state index in [0.29, 0.717) is 5.92 Å². The molecule has 3 aromatic heterocycles. The van der Waals surface area contributed by atoms with Crippen molar-refractivity contribution in [1.82, 2.24) is 24.4 Å². The quantitative estimate of drug-likeness (QED) is 0.518. The normalized spacial score (nSPS) is 17.2. The van der Waals surface area contributed by atoms with E-state index in [0.717, 1.165) is 65.9 Å². The number of fused-ring (bicyclic) bond motifs is 1. The second-order valence-electron chi connectivity index (χ2n) is 8.75. The minimum Gasteiger partial charge on any atom is -0.368 e. The molecule has 1 fully saturated rings. The van der Waals surface area contributed by atoms with E-state index in [1.807, 2.05) is 20.0 Å². The van der Waals surface area contributed by atoms with Crippen molar-refractivity contribution in [3.8, 4) is 11.1 Å². The van der Waals surface area contributed by atoms with Gasteiger partial charge in [0.2, 0.25) is 5.95 Å². The Bertz CT molecular complexity index is 1260. The van der Waals surface area contributed by atoms with Crippen molar-refractivity contribution < 1.29 is 4.39 Å². The number of hydrogen-bond acceptors (Lipinski definition) is 5. The Hall–Kier alpha value is -3.32. The standard InChI is InChI=1S/C25H27FN6/c1-16-8-18(19-11-28-25(27)29-12-19)9-23(30-16)17-4-3-7-32(14-17)15-20-13-31(2)24-6-5-21(26)10-22(20)24/h5-6,8-13,17H,3-4,7,14-15H2,1-2H3,(H2,27,28,29)/t17-/m0/s1.